The van der Waals surface area contributed by atoms with Crippen LogP contribution in [-0.4, -0.2) is 36.4 Å². The lowest BCUT2D eigenvalue weighted by molar-refractivity contribution is -0.161. The number of esters is 2. The monoisotopic (exact) mass is 1160 g/mol. The second-order valence-electron chi connectivity index (χ2n) is 24.7. The van der Waals surface area contributed by atoms with Gasteiger partial charge < -0.3 is 14.6 Å². The van der Waals surface area contributed by atoms with Gasteiger partial charge in [-0.3, -0.25) is 9.59 Å². The summed E-state index contributed by atoms with van der Waals surface area (Å²) in [5.74, 6) is -0.579. The number of unbranched alkanes of at least 4 members (excludes halogenated alkanes) is 46. The molecule has 0 spiro atoms. The van der Waals surface area contributed by atoms with E-state index >= 15 is 0 Å². The topological polar surface area (TPSA) is 72.8 Å². The highest BCUT2D eigenvalue weighted by Crippen LogP contribution is 2.19. The van der Waals surface area contributed by atoms with Crippen molar-refractivity contribution >= 4 is 11.9 Å². The maximum atomic E-state index is 12.4. The molecule has 1 N–H and O–H groups in total. The maximum Gasteiger partial charge on any atom is 0.306 e. The van der Waals surface area contributed by atoms with Crippen molar-refractivity contribution in [2.45, 2.75) is 386 Å². The van der Waals surface area contributed by atoms with Gasteiger partial charge in [0.2, 0.25) is 0 Å². The Balaban J connectivity index is 3.43. The lowest BCUT2D eigenvalue weighted by Crippen LogP contribution is -2.28. The van der Waals surface area contributed by atoms with E-state index in [9.17, 15) is 14.7 Å². The average molecular weight is 1160 g/mol. The minimum atomic E-state index is -0.778. The summed E-state index contributed by atoms with van der Waals surface area (Å²) < 4.78 is 10.8. The second kappa shape index (κ2) is 73.3. The van der Waals surface area contributed by atoms with E-state index in [4.69, 9.17) is 9.47 Å². The van der Waals surface area contributed by atoms with Crippen molar-refractivity contribution in [1.82, 2.24) is 0 Å². The number of aliphatic hydroxyl groups is 1. The van der Waals surface area contributed by atoms with Gasteiger partial charge in [0.1, 0.15) is 6.61 Å². The van der Waals surface area contributed by atoms with Gasteiger partial charge in [-0.2, -0.15) is 0 Å². The minimum absolute atomic E-state index is 0.0659. The molecule has 0 saturated carbocycles. The van der Waals surface area contributed by atoms with E-state index in [0.29, 0.717) is 12.8 Å². The largest absolute Gasteiger partial charge is 0.462 e. The van der Waals surface area contributed by atoms with Gasteiger partial charge in [0.05, 0.1) is 6.61 Å². The Labute approximate surface area is 517 Å². The highest BCUT2D eigenvalue weighted by atomic mass is 16.6. The van der Waals surface area contributed by atoms with Crippen molar-refractivity contribution in [2.75, 3.05) is 13.2 Å². The third-order valence-corrected chi connectivity index (χ3v) is 16.5. The summed E-state index contributed by atoms with van der Waals surface area (Å²) in [6, 6.07) is 0. The highest BCUT2D eigenvalue weighted by molar-refractivity contribution is 5.70. The highest BCUT2D eigenvalue weighted by Gasteiger charge is 2.16. The van der Waals surface area contributed by atoms with Crippen LogP contribution in [0.15, 0.2) is 85.1 Å². The maximum absolute atomic E-state index is 12.4. The molecule has 0 radical (unpaired) electrons. The Bertz CT molecular complexity index is 1500. The van der Waals surface area contributed by atoms with Crippen molar-refractivity contribution < 1.29 is 24.2 Å². The Kier molecular flexibility index (Phi) is 70.8. The molecule has 0 amide bonds. The fraction of sp³-hybridized carbons (Fsp3) is 0.795. The molecule has 1 atom stereocenters. The molecule has 0 aliphatic rings. The van der Waals surface area contributed by atoms with Gasteiger partial charge in [-0.05, 0) is 70.6 Å². The van der Waals surface area contributed by atoms with E-state index in [1.54, 1.807) is 0 Å². The average Bonchev–Trinajstić information content (AvgIpc) is 3.49. The van der Waals surface area contributed by atoms with Crippen LogP contribution in [0.5, 0.6) is 0 Å². The van der Waals surface area contributed by atoms with Crippen LogP contribution in [0.4, 0.5) is 0 Å². The lowest BCUT2D eigenvalue weighted by Gasteiger charge is -2.15. The Morgan fingerprint density at radius 3 is 0.783 bits per heavy atom. The summed E-state index contributed by atoms with van der Waals surface area (Å²) in [4.78, 5) is 24.7. The molecule has 0 aromatic carbocycles. The van der Waals surface area contributed by atoms with Crippen LogP contribution in [0.1, 0.15) is 380 Å². The number of rotatable bonds is 68. The van der Waals surface area contributed by atoms with E-state index < -0.39 is 6.10 Å². The summed E-state index contributed by atoms with van der Waals surface area (Å²) in [6.45, 7) is 4.07. The van der Waals surface area contributed by atoms with Gasteiger partial charge >= 0.3 is 11.9 Å². The van der Waals surface area contributed by atoms with Crippen LogP contribution in [-0.2, 0) is 19.1 Å². The predicted octanol–water partition coefficient (Wildman–Crippen LogP) is 25.6. The number of hydrogen-bond acceptors (Lipinski definition) is 5. The molecule has 0 heterocycles. The molecule has 0 bridgehead atoms. The third kappa shape index (κ3) is 71.5. The van der Waals surface area contributed by atoms with Crippen molar-refractivity contribution in [2.24, 2.45) is 0 Å². The first kappa shape index (κ1) is 80.1. The number of carbonyl (C=O) groups is 2. The first-order valence-electron chi connectivity index (χ1n) is 36.6. The van der Waals surface area contributed by atoms with Gasteiger partial charge in [0.25, 0.3) is 0 Å². The van der Waals surface area contributed by atoms with Crippen LogP contribution in [0.3, 0.4) is 0 Å². The predicted molar refractivity (Wildman–Crippen MR) is 366 cm³/mol. The Morgan fingerprint density at radius 2 is 0.518 bits per heavy atom. The van der Waals surface area contributed by atoms with Crippen molar-refractivity contribution in [3.63, 3.8) is 0 Å². The van der Waals surface area contributed by atoms with Gasteiger partial charge in [0, 0.05) is 12.8 Å². The van der Waals surface area contributed by atoms with Gasteiger partial charge in [-0.25, -0.2) is 0 Å². The van der Waals surface area contributed by atoms with Gasteiger partial charge in [-0.15, -0.1) is 0 Å². The molecule has 0 rings (SSSR count). The van der Waals surface area contributed by atoms with Gasteiger partial charge in [0.15, 0.2) is 6.10 Å². The van der Waals surface area contributed by atoms with E-state index in [2.05, 4.69) is 98.9 Å². The van der Waals surface area contributed by atoms with E-state index in [-0.39, 0.29) is 25.2 Å². The molecule has 0 fully saturated rings. The second-order valence-corrected chi connectivity index (χ2v) is 24.7. The number of aliphatic hydroxyl groups excluding tert-OH is 1. The molecule has 83 heavy (non-hydrogen) atoms. The zero-order valence-electron chi connectivity index (χ0n) is 55.5. The van der Waals surface area contributed by atoms with Crippen LogP contribution in [0.25, 0.3) is 0 Å². The molecule has 5 heteroatoms. The lowest BCUT2D eigenvalue weighted by atomic mass is 10.0. The molecule has 5 nitrogen and oxygen atoms in total. The first-order valence-corrected chi connectivity index (χ1v) is 36.6. The molecular formula is C78H140O5. The Hall–Kier alpha value is -2.92. The molecule has 1 unspecified atom stereocenters. The number of ether oxygens (including phenoxy) is 2. The van der Waals surface area contributed by atoms with Crippen LogP contribution < -0.4 is 0 Å². The smallest absolute Gasteiger partial charge is 0.306 e. The third-order valence-electron chi connectivity index (χ3n) is 16.5. The standard InChI is InChI=1S/C78H140O5/c1-3-5-7-9-11-13-15-17-19-21-23-25-27-29-31-33-35-37-38-39-41-42-44-46-48-50-52-54-56-58-60-62-64-66-68-70-72-77(80)82-75-76(74-79)83-78(81)73-71-69-67-65-63-61-59-57-55-53-51-49-47-45-43-40-36-34-32-30-28-26-24-22-20-18-16-14-12-10-8-6-4-2/h6,8,12,14,18,20,24,26,30,32,36,40,45,47,76,79H,3-5,7,9-11,13,15-17,19,21-23,25,27-29,31,33-35,37-39,41-44,46,48-75H2,1-2H3/b8-6-,14-12-,20-18-,26-24-,32-30-,40-36-,47-45-. The van der Waals surface area contributed by atoms with Crippen LogP contribution in [0, 0.1) is 0 Å². The van der Waals surface area contributed by atoms with Crippen LogP contribution >= 0.6 is 0 Å². The zero-order valence-corrected chi connectivity index (χ0v) is 55.5. The quantitative estimate of drug-likeness (QED) is 0.0373. The molecule has 0 aliphatic carbocycles. The van der Waals surface area contributed by atoms with E-state index in [0.717, 1.165) is 83.5 Å². The van der Waals surface area contributed by atoms with Gasteiger partial charge in [-0.1, -0.05) is 381 Å². The molecule has 482 valence electrons. The molecule has 0 aromatic rings. The molecule has 0 aromatic heterocycles. The number of hydrogen-bond donors (Lipinski definition) is 1. The summed E-state index contributed by atoms with van der Waals surface area (Å²) >= 11 is 0. The van der Waals surface area contributed by atoms with Crippen molar-refractivity contribution in [1.29, 1.82) is 0 Å². The van der Waals surface area contributed by atoms with E-state index in [1.165, 1.54) is 270 Å². The van der Waals surface area contributed by atoms with Crippen molar-refractivity contribution in [3.05, 3.63) is 85.1 Å². The summed E-state index contributed by atoms with van der Waals surface area (Å²) in [6.07, 6.45) is 104. The van der Waals surface area contributed by atoms with E-state index in [1.807, 2.05) is 0 Å². The molecule has 0 aliphatic heterocycles. The number of carbonyl (C=O) groups excluding carboxylic acids is 2. The minimum Gasteiger partial charge on any atom is -0.462 e. The normalized spacial score (nSPS) is 12.7. The number of allylic oxidation sites excluding steroid dienone is 14. The fourth-order valence-corrected chi connectivity index (χ4v) is 11.0. The summed E-state index contributed by atoms with van der Waals surface area (Å²) in [7, 11) is 0. The first-order chi connectivity index (χ1) is 41.1. The summed E-state index contributed by atoms with van der Waals surface area (Å²) in [5, 5.41) is 9.71. The van der Waals surface area contributed by atoms with Crippen molar-refractivity contribution in [3.8, 4) is 0 Å². The Morgan fingerprint density at radius 1 is 0.289 bits per heavy atom. The molecular weight excluding hydrogens is 1020 g/mol. The zero-order chi connectivity index (χ0) is 59.8. The molecule has 0 saturated heterocycles. The van der Waals surface area contributed by atoms with Crippen LogP contribution in [0.2, 0.25) is 0 Å². The fourth-order valence-electron chi connectivity index (χ4n) is 11.0. The SMILES string of the molecule is CC/C=C\C/C=C\C/C=C\C/C=C\C/C=C\C/C=C\C/C=C\CCCCCCCCCCCCCC(=O)OC(CO)COC(=O)CCCCCCCCCCCCCCCCCCCCCCCCCCCCCCCCCCCCCC. The summed E-state index contributed by atoms with van der Waals surface area (Å²) in [5.41, 5.74) is 0.